The third kappa shape index (κ3) is 4.84. The van der Waals surface area contributed by atoms with Crippen molar-refractivity contribution in [2.75, 3.05) is 14.1 Å². The molecule has 0 saturated carbocycles. The molecule has 1 atom stereocenters. The van der Waals surface area contributed by atoms with E-state index in [0.717, 1.165) is 11.5 Å². The standard InChI is InChI=1S/C19H24N4O/c1-14(16-7-5-4-6-8-16)23-19(21-3)22-13-15-9-11-17(12-10-15)18(24)20-2/h4-12,14H,13H2,1-3H3,(H,20,24)(H2,21,22,23). The summed E-state index contributed by atoms with van der Waals surface area (Å²) in [5.74, 6) is 0.658. The lowest BCUT2D eigenvalue weighted by atomic mass is 10.1. The number of benzene rings is 2. The maximum Gasteiger partial charge on any atom is 0.251 e. The van der Waals surface area contributed by atoms with Gasteiger partial charge in [-0.3, -0.25) is 9.79 Å². The summed E-state index contributed by atoms with van der Waals surface area (Å²) in [6.45, 7) is 2.73. The second-order valence-corrected chi connectivity index (χ2v) is 5.48. The first kappa shape index (κ1) is 17.5. The highest BCUT2D eigenvalue weighted by Gasteiger charge is 2.07. The summed E-state index contributed by atoms with van der Waals surface area (Å²) in [6, 6.07) is 17.9. The number of nitrogens with zero attached hydrogens (tertiary/aromatic N) is 1. The maximum absolute atomic E-state index is 11.5. The third-order valence-electron chi connectivity index (χ3n) is 3.78. The zero-order valence-corrected chi connectivity index (χ0v) is 14.3. The molecule has 0 bridgehead atoms. The molecule has 5 heteroatoms. The topological polar surface area (TPSA) is 65.5 Å². The average Bonchev–Trinajstić information content (AvgIpc) is 2.65. The predicted molar refractivity (Wildman–Crippen MR) is 98.0 cm³/mol. The van der Waals surface area contributed by atoms with Gasteiger partial charge in [-0.2, -0.15) is 0 Å². The van der Waals surface area contributed by atoms with Crippen LogP contribution in [0, 0.1) is 0 Å². The summed E-state index contributed by atoms with van der Waals surface area (Å²) >= 11 is 0. The minimum absolute atomic E-state index is 0.0799. The van der Waals surface area contributed by atoms with E-state index >= 15 is 0 Å². The van der Waals surface area contributed by atoms with Crippen molar-refractivity contribution < 1.29 is 4.79 Å². The summed E-state index contributed by atoms with van der Waals surface area (Å²) in [5, 5.41) is 9.27. The Morgan fingerprint density at radius 2 is 1.75 bits per heavy atom. The Morgan fingerprint density at radius 1 is 1.08 bits per heavy atom. The molecule has 2 aromatic rings. The van der Waals surface area contributed by atoms with Gasteiger partial charge in [-0.1, -0.05) is 42.5 Å². The number of rotatable bonds is 5. The largest absolute Gasteiger partial charge is 0.355 e. The Hall–Kier alpha value is -2.82. The molecule has 3 N–H and O–H groups in total. The summed E-state index contributed by atoms with van der Waals surface area (Å²) in [4.78, 5) is 15.8. The molecule has 0 radical (unpaired) electrons. The zero-order chi connectivity index (χ0) is 17.4. The molecule has 0 fully saturated rings. The van der Waals surface area contributed by atoms with Crippen LogP contribution in [0.3, 0.4) is 0 Å². The fourth-order valence-electron chi connectivity index (χ4n) is 2.33. The molecular weight excluding hydrogens is 300 g/mol. The molecule has 0 spiro atoms. The number of carbonyl (C=O) groups excluding carboxylic acids is 1. The van der Waals surface area contributed by atoms with Gasteiger partial charge in [0.1, 0.15) is 0 Å². The Morgan fingerprint density at radius 3 is 2.33 bits per heavy atom. The number of carbonyl (C=O) groups is 1. The van der Waals surface area contributed by atoms with Gasteiger partial charge in [-0.15, -0.1) is 0 Å². The van der Waals surface area contributed by atoms with E-state index in [1.807, 2.05) is 42.5 Å². The van der Waals surface area contributed by atoms with Crippen LogP contribution in [0.2, 0.25) is 0 Å². The van der Waals surface area contributed by atoms with E-state index in [9.17, 15) is 4.79 Å². The number of hydrogen-bond acceptors (Lipinski definition) is 2. The van der Waals surface area contributed by atoms with Crippen LogP contribution in [0.5, 0.6) is 0 Å². The Bertz CT molecular complexity index is 680. The number of amides is 1. The first-order valence-electron chi connectivity index (χ1n) is 7.97. The van der Waals surface area contributed by atoms with Crippen molar-refractivity contribution in [2.45, 2.75) is 19.5 Å². The normalized spacial score (nSPS) is 12.4. The van der Waals surface area contributed by atoms with Crippen molar-refractivity contribution in [1.29, 1.82) is 0 Å². The Balaban J connectivity index is 1.91. The molecule has 2 aromatic carbocycles. The molecule has 0 heterocycles. The van der Waals surface area contributed by atoms with Crippen molar-refractivity contribution in [3.05, 3.63) is 71.3 Å². The van der Waals surface area contributed by atoms with Crippen molar-refractivity contribution >= 4 is 11.9 Å². The highest BCUT2D eigenvalue weighted by molar-refractivity contribution is 5.93. The highest BCUT2D eigenvalue weighted by atomic mass is 16.1. The maximum atomic E-state index is 11.5. The van der Waals surface area contributed by atoms with Crippen molar-refractivity contribution in [3.63, 3.8) is 0 Å². The van der Waals surface area contributed by atoms with Crippen LogP contribution in [0.1, 0.15) is 34.5 Å². The molecule has 1 amide bonds. The molecular formula is C19H24N4O. The van der Waals surface area contributed by atoms with Gasteiger partial charge in [0, 0.05) is 26.2 Å². The molecule has 0 aromatic heterocycles. The van der Waals surface area contributed by atoms with E-state index in [0.29, 0.717) is 12.1 Å². The molecule has 126 valence electrons. The van der Waals surface area contributed by atoms with E-state index in [1.54, 1.807) is 14.1 Å². The molecule has 2 rings (SSSR count). The lowest BCUT2D eigenvalue weighted by Gasteiger charge is -2.18. The molecule has 0 aliphatic rings. The van der Waals surface area contributed by atoms with Crippen molar-refractivity contribution in [2.24, 2.45) is 4.99 Å². The monoisotopic (exact) mass is 324 g/mol. The van der Waals surface area contributed by atoms with Crippen LogP contribution in [-0.4, -0.2) is 26.0 Å². The second-order valence-electron chi connectivity index (χ2n) is 5.48. The lowest BCUT2D eigenvalue weighted by molar-refractivity contribution is 0.0963. The fourth-order valence-corrected chi connectivity index (χ4v) is 2.33. The molecule has 0 aliphatic carbocycles. The van der Waals surface area contributed by atoms with E-state index in [4.69, 9.17) is 0 Å². The molecule has 5 nitrogen and oxygen atoms in total. The van der Waals surface area contributed by atoms with E-state index in [-0.39, 0.29) is 11.9 Å². The average molecular weight is 324 g/mol. The Kier molecular flexibility index (Phi) is 6.37. The van der Waals surface area contributed by atoms with Crippen LogP contribution in [0.25, 0.3) is 0 Å². The van der Waals surface area contributed by atoms with Crippen LogP contribution in [0.15, 0.2) is 59.6 Å². The number of nitrogens with one attached hydrogen (secondary N) is 3. The quantitative estimate of drug-likeness (QED) is 0.585. The van der Waals surface area contributed by atoms with Gasteiger partial charge in [0.15, 0.2) is 5.96 Å². The number of aliphatic imine (C=N–C) groups is 1. The lowest BCUT2D eigenvalue weighted by Crippen LogP contribution is -2.38. The molecule has 1 unspecified atom stereocenters. The fraction of sp³-hybridized carbons (Fsp3) is 0.263. The summed E-state index contributed by atoms with van der Waals surface area (Å²) in [6.07, 6.45) is 0. The van der Waals surface area contributed by atoms with Crippen LogP contribution < -0.4 is 16.0 Å². The number of hydrogen-bond donors (Lipinski definition) is 3. The summed E-state index contributed by atoms with van der Waals surface area (Å²) in [5.41, 5.74) is 2.94. The predicted octanol–water partition coefficient (Wildman–Crippen LogP) is 2.47. The van der Waals surface area contributed by atoms with E-state index in [1.165, 1.54) is 5.56 Å². The summed E-state index contributed by atoms with van der Waals surface area (Å²) < 4.78 is 0. The van der Waals surface area contributed by atoms with Gasteiger partial charge in [0.25, 0.3) is 5.91 Å². The molecule has 24 heavy (non-hydrogen) atoms. The van der Waals surface area contributed by atoms with E-state index < -0.39 is 0 Å². The molecule has 0 saturated heterocycles. The van der Waals surface area contributed by atoms with Gasteiger partial charge in [-0.25, -0.2) is 0 Å². The van der Waals surface area contributed by atoms with Crippen LogP contribution >= 0.6 is 0 Å². The zero-order valence-electron chi connectivity index (χ0n) is 14.3. The minimum atomic E-state index is -0.0799. The van der Waals surface area contributed by atoms with Crippen molar-refractivity contribution in [1.82, 2.24) is 16.0 Å². The van der Waals surface area contributed by atoms with Gasteiger partial charge in [0.2, 0.25) is 0 Å². The van der Waals surface area contributed by atoms with E-state index in [2.05, 4.69) is 40.0 Å². The third-order valence-corrected chi connectivity index (χ3v) is 3.78. The summed E-state index contributed by atoms with van der Waals surface area (Å²) in [7, 11) is 3.38. The van der Waals surface area contributed by atoms with Gasteiger partial charge in [-0.05, 0) is 30.2 Å². The minimum Gasteiger partial charge on any atom is -0.355 e. The first-order valence-corrected chi connectivity index (χ1v) is 7.97. The SMILES string of the molecule is CN=C(NCc1ccc(C(=O)NC)cc1)NC(C)c1ccccc1. The van der Waals surface area contributed by atoms with Gasteiger partial charge >= 0.3 is 0 Å². The number of guanidine groups is 1. The van der Waals surface area contributed by atoms with Crippen molar-refractivity contribution in [3.8, 4) is 0 Å². The van der Waals surface area contributed by atoms with Gasteiger partial charge < -0.3 is 16.0 Å². The second kappa shape index (κ2) is 8.72. The smallest absolute Gasteiger partial charge is 0.251 e. The molecule has 0 aliphatic heterocycles. The van der Waals surface area contributed by atoms with Gasteiger partial charge in [0.05, 0.1) is 6.04 Å². The highest BCUT2D eigenvalue weighted by Crippen LogP contribution is 2.11. The Labute approximate surface area is 143 Å². The van der Waals surface area contributed by atoms with Crippen LogP contribution in [-0.2, 0) is 6.54 Å². The van der Waals surface area contributed by atoms with Crippen LogP contribution in [0.4, 0.5) is 0 Å². The first-order chi connectivity index (χ1) is 11.6.